The molecule has 5 heteroatoms. The van der Waals surface area contributed by atoms with Crippen LogP contribution in [0.2, 0.25) is 0 Å². The molecular formula is C14H21NO3S. The fraction of sp³-hybridized carbons (Fsp3) is 0.500. The normalized spacial score (nSPS) is 10.4. The Morgan fingerprint density at radius 2 is 2.00 bits per heavy atom. The van der Waals surface area contributed by atoms with Crippen molar-refractivity contribution in [1.82, 2.24) is 0 Å². The Labute approximate surface area is 119 Å². The summed E-state index contributed by atoms with van der Waals surface area (Å²) in [5.74, 6) is 0.746. The van der Waals surface area contributed by atoms with Crippen molar-refractivity contribution in [3.63, 3.8) is 0 Å². The molecule has 4 nitrogen and oxygen atoms in total. The van der Waals surface area contributed by atoms with Crippen molar-refractivity contribution in [3.05, 3.63) is 29.3 Å². The maximum Gasteiger partial charge on any atom is 0.132 e. The van der Waals surface area contributed by atoms with Crippen LogP contribution in [0, 0.1) is 6.92 Å². The summed E-state index contributed by atoms with van der Waals surface area (Å²) in [4.78, 5) is 0.347. The number of rotatable bonds is 9. The monoisotopic (exact) mass is 283 g/mol. The predicted octanol–water partition coefficient (Wildman–Crippen LogP) is 2.06. The molecule has 0 radical (unpaired) electrons. The average molecular weight is 283 g/mol. The molecule has 0 aromatic heterocycles. The summed E-state index contributed by atoms with van der Waals surface area (Å²) in [5, 5.41) is 0. The van der Waals surface area contributed by atoms with Gasteiger partial charge in [-0.25, -0.2) is 0 Å². The Kier molecular flexibility index (Phi) is 7.40. The lowest BCUT2D eigenvalue weighted by Gasteiger charge is -2.13. The van der Waals surface area contributed by atoms with Gasteiger partial charge in [-0.15, -0.1) is 0 Å². The highest BCUT2D eigenvalue weighted by Crippen LogP contribution is 2.23. The van der Waals surface area contributed by atoms with Gasteiger partial charge in [-0.3, -0.25) is 0 Å². The number of benzene rings is 1. The van der Waals surface area contributed by atoms with Gasteiger partial charge in [-0.05, 0) is 25.0 Å². The van der Waals surface area contributed by atoms with Gasteiger partial charge < -0.3 is 19.9 Å². The number of ether oxygens (including phenoxy) is 3. The summed E-state index contributed by atoms with van der Waals surface area (Å²) in [6.45, 7) is 4.37. The van der Waals surface area contributed by atoms with Crippen molar-refractivity contribution in [2.24, 2.45) is 5.73 Å². The van der Waals surface area contributed by atoms with Crippen molar-refractivity contribution < 1.29 is 14.2 Å². The van der Waals surface area contributed by atoms with Gasteiger partial charge in [-0.2, -0.15) is 0 Å². The van der Waals surface area contributed by atoms with E-state index in [2.05, 4.69) is 0 Å². The van der Waals surface area contributed by atoms with E-state index in [9.17, 15) is 0 Å². The van der Waals surface area contributed by atoms with Gasteiger partial charge in [0.15, 0.2) is 0 Å². The molecule has 19 heavy (non-hydrogen) atoms. The zero-order valence-corrected chi connectivity index (χ0v) is 12.3. The highest BCUT2D eigenvalue weighted by molar-refractivity contribution is 7.80. The first-order valence-electron chi connectivity index (χ1n) is 6.25. The molecule has 0 saturated heterocycles. The van der Waals surface area contributed by atoms with Crippen LogP contribution in [-0.2, 0) is 9.47 Å². The van der Waals surface area contributed by atoms with Crippen LogP contribution in [0.1, 0.15) is 17.5 Å². The van der Waals surface area contributed by atoms with E-state index < -0.39 is 0 Å². The quantitative estimate of drug-likeness (QED) is 0.555. The lowest BCUT2D eigenvalue weighted by Crippen LogP contribution is -2.15. The zero-order chi connectivity index (χ0) is 14.1. The molecule has 0 fully saturated rings. The van der Waals surface area contributed by atoms with Gasteiger partial charge in [0, 0.05) is 20.3 Å². The molecule has 1 rings (SSSR count). The van der Waals surface area contributed by atoms with Gasteiger partial charge in [0.2, 0.25) is 0 Å². The minimum atomic E-state index is 0.347. The summed E-state index contributed by atoms with van der Waals surface area (Å²) in [7, 11) is 1.68. The summed E-state index contributed by atoms with van der Waals surface area (Å²) < 4.78 is 16.1. The minimum Gasteiger partial charge on any atom is -0.490 e. The molecule has 0 aliphatic carbocycles. The van der Waals surface area contributed by atoms with E-state index in [0.717, 1.165) is 23.3 Å². The number of para-hydroxylation sites is 1. The second-order valence-corrected chi connectivity index (χ2v) is 4.56. The molecule has 2 N–H and O–H groups in total. The van der Waals surface area contributed by atoms with Crippen LogP contribution in [0.5, 0.6) is 5.75 Å². The van der Waals surface area contributed by atoms with Crippen molar-refractivity contribution in [3.8, 4) is 5.75 Å². The van der Waals surface area contributed by atoms with Gasteiger partial charge >= 0.3 is 0 Å². The third-order valence-corrected chi connectivity index (χ3v) is 2.81. The highest BCUT2D eigenvalue weighted by atomic mass is 32.1. The molecule has 0 spiro atoms. The third kappa shape index (κ3) is 5.55. The molecule has 0 unspecified atom stereocenters. The average Bonchev–Trinajstić information content (AvgIpc) is 2.39. The van der Waals surface area contributed by atoms with Gasteiger partial charge in [0.25, 0.3) is 0 Å². The highest BCUT2D eigenvalue weighted by Gasteiger charge is 2.08. The summed E-state index contributed by atoms with van der Waals surface area (Å²) in [5.41, 5.74) is 7.47. The van der Waals surface area contributed by atoms with Crippen molar-refractivity contribution in [2.45, 2.75) is 13.3 Å². The fourth-order valence-electron chi connectivity index (χ4n) is 1.65. The van der Waals surface area contributed by atoms with Crippen molar-refractivity contribution >= 4 is 17.2 Å². The third-order valence-electron chi connectivity index (χ3n) is 2.59. The number of methoxy groups -OCH3 is 1. The number of aryl methyl sites for hydroxylation is 1. The molecule has 0 aliphatic rings. The fourth-order valence-corrected chi connectivity index (χ4v) is 1.81. The van der Waals surface area contributed by atoms with E-state index in [-0.39, 0.29) is 0 Å². The van der Waals surface area contributed by atoms with Gasteiger partial charge in [-0.1, -0.05) is 24.4 Å². The van der Waals surface area contributed by atoms with Crippen LogP contribution < -0.4 is 10.5 Å². The maximum atomic E-state index is 5.71. The van der Waals surface area contributed by atoms with E-state index in [4.69, 9.17) is 32.2 Å². The second-order valence-electron chi connectivity index (χ2n) is 4.12. The Hall–Kier alpha value is -1.17. The largest absolute Gasteiger partial charge is 0.490 e. The van der Waals surface area contributed by atoms with Gasteiger partial charge in [0.1, 0.15) is 17.3 Å². The molecule has 0 aliphatic heterocycles. The molecule has 0 saturated carbocycles. The molecule has 0 bridgehead atoms. The molecule has 1 aromatic rings. The van der Waals surface area contributed by atoms with E-state index in [1.165, 1.54) is 0 Å². The van der Waals surface area contributed by atoms with Gasteiger partial charge in [0.05, 0.1) is 12.2 Å². The van der Waals surface area contributed by atoms with E-state index >= 15 is 0 Å². The molecular weight excluding hydrogens is 262 g/mol. The predicted molar refractivity (Wildman–Crippen MR) is 79.9 cm³/mol. The molecule has 1 aromatic carbocycles. The SMILES string of the molecule is COCCCOCCOc1c(C)cccc1C(N)=S. The summed E-state index contributed by atoms with van der Waals surface area (Å²) in [6.07, 6.45) is 0.888. The Bertz CT molecular complexity index is 410. The number of thiocarbonyl (C=S) groups is 1. The van der Waals surface area contributed by atoms with E-state index in [1.807, 2.05) is 25.1 Å². The Balaban J connectivity index is 2.38. The first-order chi connectivity index (χ1) is 9.16. The molecule has 0 amide bonds. The first kappa shape index (κ1) is 15.9. The van der Waals surface area contributed by atoms with Crippen molar-refractivity contribution in [2.75, 3.05) is 33.5 Å². The van der Waals surface area contributed by atoms with Crippen LogP contribution in [0.3, 0.4) is 0 Å². The lowest BCUT2D eigenvalue weighted by atomic mass is 10.1. The zero-order valence-electron chi connectivity index (χ0n) is 11.5. The van der Waals surface area contributed by atoms with Crippen molar-refractivity contribution in [1.29, 1.82) is 0 Å². The summed E-state index contributed by atoms with van der Waals surface area (Å²) >= 11 is 5.01. The second kappa shape index (κ2) is 8.85. The molecule has 0 atom stereocenters. The molecule has 0 heterocycles. The summed E-state index contributed by atoms with van der Waals surface area (Å²) in [6, 6.07) is 5.75. The number of hydrogen-bond donors (Lipinski definition) is 1. The van der Waals surface area contributed by atoms with Crippen LogP contribution in [0.25, 0.3) is 0 Å². The van der Waals surface area contributed by atoms with Crippen LogP contribution in [0.4, 0.5) is 0 Å². The Morgan fingerprint density at radius 1 is 1.21 bits per heavy atom. The first-order valence-corrected chi connectivity index (χ1v) is 6.66. The number of nitrogens with two attached hydrogens (primary N) is 1. The van der Waals surface area contributed by atoms with E-state index in [1.54, 1.807) is 7.11 Å². The maximum absolute atomic E-state index is 5.71. The standard InChI is InChI=1S/C14H21NO3S/c1-11-5-3-6-12(14(15)19)13(11)18-10-9-17-8-4-7-16-2/h3,5-6H,4,7-10H2,1-2H3,(H2,15,19). The van der Waals surface area contributed by atoms with Crippen LogP contribution in [-0.4, -0.2) is 38.5 Å². The van der Waals surface area contributed by atoms with Crippen LogP contribution in [0.15, 0.2) is 18.2 Å². The topological polar surface area (TPSA) is 53.7 Å². The lowest BCUT2D eigenvalue weighted by molar-refractivity contribution is 0.0804. The molecule has 106 valence electrons. The van der Waals surface area contributed by atoms with E-state index in [0.29, 0.717) is 31.4 Å². The minimum absolute atomic E-state index is 0.347. The Morgan fingerprint density at radius 3 is 2.68 bits per heavy atom. The van der Waals surface area contributed by atoms with Crippen LogP contribution >= 0.6 is 12.2 Å². The smallest absolute Gasteiger partial charge is 0.132 e. The number of hydrogen-bond acceptors (Lipinski definition) is 4.